The lowest BCUT2D eigenvalue weighted by Gasteiger charge is -2.28. The van der Waals surface area contributed by atoms with Gasteiger partial charge in [0.25, 0.3) is 5.91 Å². The number of fused-ring (bicyclic) bond motifs is 3. The number of amides is 1. The molecule has 0 radical (unpaired) electrons. The van der Waals surface area contributed by atoms with Crippen LogP contribution in [0.4, 0.5) is 8.78 Å². The third kappa shape index (κ3) is 4.97. The van der Waals surface area contributed by atoms with Gasteiger partial charge in [-0.3, -0.25) is 9.20 Å². The maximum Gasteiger partial charge on any atom is 0.251 e. The van der Waals surface area contributed by atoms with Crippen LogP contribution in [-0.2, 0) is 0 Å². The molecule has 2 aliphatic heterocycles. The fraction of sp³-hybridized carbons (Fsp3) is 0.444. The van der Waals surface area contributed by atoms with Crippen LogP contribution >= 0.6 is 11.3 Å². The summed E-state index contributed by atoms with van der Waals surface area (Å²) >= 11 is 1.43. The maximum absolute atomic E-state index is 15.2. The van der Waals surface area contributed by atoms with E-state index in [-0.39, 0.29) is 17.8 Å². The van der Waals surface area contributed by atoms with E-state index in [9.17, 15) is 9.18 Å². The molecule has 2 N–H and O–H groups in total. The molecule has 4 heterocycles. The summed E-state index contributed by atoms with van der Waals surface area (Å²) in [6, 6.07) is 11.0. The maximum atomic E-state index is 15.2. The van der Waals surface area contributed by atoms with Crippen molar-refractivity contribution >= 4 is 32.4 Å². The molecule has 0 saturated carbocycles. The molecule has 7 nitrogen and oxygen atoms in total. The number of likely N-dealkylation sites (tertiary alicyclic amines) is 1. The Morgan fingerprint density at radius 3 is 2.78 bits per heavy atom. The van der Waals surface area contributed by atoms with Gasteiger partial charge in [-0.15, -0.1) is 10.2 Å². The lowest BCUT2D eigenvalue weighted by atomic mass is 10.0. The van der Waals surface area contributed by atoms with Gasteiger partial charge >= 0.3 is 0 Å². The predicted molar refractivity (Wildman–Crippen MR) is 141 cm³/mol. The van der Waals surface area contributed by atoms with Crippen LogP contribution in [0.25, 0.3) is 26.6 Å². The number of halogens is 2. The smallest absolute Gasteiger partial charge is 0.251 e. The Labute approximate surface area is 217 Å². The molecule has 2 aliphatic rings. The first-order valence-corrected chi connectivity index (χ1v) is 13.8. The predicted octanol–water partition coefficient (Wildman–Crippen LogP) is 4.73. The average molecular weight is 525 g/mol. The fourth-order valence-corrected chi connectivity index (χ4v) is 6.38. The van der Waals surface area contributed by atoms with E-state index in [4.69, 9.17) is 0 Å². The number of piperidine rings is 1. The minimum atomic E-state index is -0.670. The van der Waals surface area contributed by atoms with Crippen LogP contribution in [0.5, 0.6) is 0 Å². The minimum absolute atomic E-state index is 0.129. The van der Waals surface area contributed by atoms with Crippen LogP contribution in [0.2, 0.25) is 0 Å². The quantitative estimate of drug-likeness (QED) is 0.342. The molecule has 37 heavy (non-hydrogen) atoms. The Kier molecular flexibility index (Phi) is 6.88. The van der Waals surface area contributed by atoms with Crippen molar-refractivity contribution in [2.75, 3.05) is 32.7 Å². The summed E-state index contributed by atoms with van der Waals surface area (Å²) in [6.07, 6.45) is 3.47. The molecule has 0 bridgehead atoms. The van der Waals surface area contributed by atoms with Crippen LogP contribution in [0.3, 0.4) is 0 Å². The van der Waals surface area contributed by atoms with E-state index in [1.807, 2.05) is 22.6 Å². The standard InChI is InChI=1S/C27H30F2N6OS/c28-19-8-13-34(14-9-19)12-2-11-31-26(36)18-5-7-23-24(16-18)37-27-33-32-25(35(23)27)20-6-4-17(15-21(20)29)22-3-1-10-30-22/h4-7,15-16,19,22,30H,1-3,8-14H2,(H,31,36)/t22-/m1/s1. The number of aromatic nitrogens is 3. The zero-order valence-corrected chi connectivity index (χ0v) is 21.4. The van der Waals surface area contributed by atoms with E-state index < -0.39 is 6.17 Å². The normalized spacial score (nSPS) is 19.2. The zero-order chi connectivity index (χ0) is 25.4. The number of benzene rings is 2. The molecule has 6 rings (SSSR count). The highest BCUT2D eigenvalue weighted by molar-refractivity contribution is 7.23. The number of nitrogens with zero attached hydrogens (tertiary/aromatic N) is 4. The number of rotatable bonds is 7. The van der Waals surface area contributed by atoms with Gasteiger partial charge in [-0.05, 0) is 81.1 Å². The van der Waals surface area contributed by atoms with E-state index in [0.717, 1.165) is 61.2 Å². The molecule has 0 aliphatic carbocycles. The highest BCUT2D eigenvalue weighted by Gasteiger charge is 2.22. The van der Waals surface area contributed by atoms with Gasteiger partial charge < -0.3 is 15.5 Å². The number of thiazole rings is 1. The molecule has 1 amide bonds. The van der Waals surface area contributed by atoms with Gasteiger partial charge in [0.2, 0.25) is 4.96 Å². The van der Waals surface area contributed by atoms with Gasteiger partial charge in [0.15, 0.2) is 5.82 Å². The lowest BCUT2D eigenvalue weighted by Crippen LogP contribution is -2.36. The monoisotopic (exact) mass is 524 g/mol. The Morgan fingerprint density at radius 1 is 1.14 bits per heavy atom. The molecule has 0 unspecified atom stereocenters. The highest BCUT2D eigenvalue weighted by Crippen LogP contribution is 2.33. The Bertz CT molecular complexity index is 1420. The molecule has 4 aromatic rings. The van der Waals surface area contributed by atoms with Gasteiger partial charge in [-0.25, -0.2) is 8.78 Å². The molecule has 0 spiro atoms. The lowest BCUT2D eigenvalue weighted by molar-refractivity contribution is 0.0950. The van der Waals surface area contributed by atoms with E-state index >= 15 is 4.39 Å². The van der Waals surface area contributed by atoms with Crippen LogP contribution in [0.15, 0.2) is 36.4 Å². The number of hydrogen-bond acceptors (Lipinski definition) is 6. The molecule has 10 heteroatoms. The van der Waals surface area contributed by atoms with Crippen molar-refractivity contribution < 1.29 is 13.6 Å². The van der Waals surface area contributed by atoms with Crippen LogP contribution in [-0.4, -0.2) is 64.3 Å². The topological polar surface area (TPSA) is 74.6 Å². The van der Waals surface area contributed by atoms with E-state index in [0.29, 0.717) is 41.3 Å². The molecule has 2 fully saturated rings. The average Bonchev–Trinajstić information content (AvgIpc) is 3.65. The van der Waals surface area contributed by atoms with Crippen molar-refractivity contribution in [2.45, 2.75) is 44.3 Å². The van der Waals surface area contributed by atoms with E-state index in [1.54, 1.807) is 18.2 Å². The van der Waals surface area contributed by atoms with Crippen molar-refractivity contribution in [3.05, 3.63) is 53.3 Å². The van der Waals surface area contributed by atoms with Crippen molar-refractivity contribution in [1.29, 1.82) is 0 Å². The number of nitrogens with one attached hydrogen (secondary N) is 2. The van der Waals surface area contributed by atoms with Gasteiger partial charge in [-0.2, -0.15) is 0 Å². The van der Waals surface area contributed by atoms with Crippen molar-refractivity contribution in [3.8, 4) is 11.4 Å². The van der Waals surface area contributed by atoms with Crippen LogP contribution in [0.1, 0.15) is 54.1 Å². The molecule has 1 atom stereocenters. The Hall–Kier alpha value is -2.95. The second-order valence-electron chi connectivity index (χ2n) is 9.94. The van der Waals surface area contributed by atoms with E-state index in [1.165, 1.54) is 11.3 Å². The number of carbonyl (C=O) groups excluding carboxylic acids is 1. The summed E-state index contributed by atoms with van der Waals surface area (Å²) in [7, 11) is 0. The fourth-order valence-electron chi connectivity index (χ4n) is 5.38. The molecular weight excluding hydrogens is 494 g/mol. The van der Waals surface area contributed by atoms with Crippen LogP contribution in [0, 0.1) is 5.82 Å². The summed E-state index contributed by atoms with van der Waals surface area (Å²) in [4.78, 5) is 15.7. The van der Waals surface area contributed by atoms with Gasteiger partial charge in [-0.1, -0.05) is 17.4 Å². The summed E-state index contributed by atoms with van der Waals surface area (Å²) in [6.45, 7) is 3.96. The molecule has 2 aromatic carbocycles. The SMILES string of the molecule is O=C(NCCCN1CCC(F)CC1)c1ccc2c(c1)sc1nnc(-c3ccc([C@H]4CCCN4)cc3F)n12. The Morgan fingerprint density at radius 2 is 2.00 bits per heavy atom. The first-order chi connectivity index (χ1) is 18.1. The van der Waals surface area contributed by atoms with Gasteiger partial charge in [0.05, 0.1) is 15.8 Å². The van der Waals surface area contributed by atoms with Crippen molar-refractivity contribution in [1.82, 2.24) is 30.1 Å². The number of carbonyl (C=O) groups is 1. The second kappa shape index (κ2) is 10.4. The largest absolute Gasteiger partial charge is 0.352 e. The molecular formula is C27H30F2N6OS. The first-order valence-electron chi connectivity index (χ1n) is 13.0. The summed E-state index contributed by atoms with van der Waals surface area (Å²) in [5, 5.41) is 15.0. The van der Waals surface area contributed by atoms with E-state index in [2.05, 4.69) is 25.7 Å². The van der Waals surface area contributed by atoms with Gasteiger partial charge in [0.1, 0.15) is 12.0 Å². The highest BCUT2D eigenvalue weighted by atomic mass is 32.1. The number of alkyl halides is 1. The summed E-state index contributed by atoms with van der Waals surface area (Å²) in [5.41, 5.74) is 2.78. The third-order valence-corrected chi connectivity index (χ3v) is 8.44. The summed E-state index contributed by atoms with van der Waals surface area (Å²) < 4.78 is 31.2. The first kappa shape index (κ1) is 24.4. The minimum Gasteiger partial charge on any atom is -0.352 e. The molecule has 194 valence electrons. The Balaban J connectivity index is 1.16. The second-order valence-corrected chi connectivity index (χ2v) is 10.9. The zero-order valence-electron chi connectivity index (χ0n) is 20.6. The van der Waals surface area contributed by atoms with Gasteiger partial charge in [0, 0.05) is 31.2 Å². The molecule has 2 aromatic heterocycles. The third-order valence-electron chi connectivity index (χ3n) is 7.45. The summed E-state index contributed by atoms with van der Waals surface area (Å²) in [5.74, 6) is 0.0134. The number of hydrogen-bond donors (Lipinski definition) is 2. The van der Waals surface area contributed by atoms with Crippen LogP contribution < -0.4 is 10.6 Å². The molecule has 2 saturated heterocycles. The van der Waals surface area contributed by atoms with Crippen molar-refractivity contribution in [2.24, 2.45) is 0 Å². The van der Waals surface area contributed by atoms with Crippen molar-refractivity contribution in [3.63, 3.8) is 0 Å².